The molecule has 1 aliphatic rings. The van der Waals surface area contributed by atoms with E-state index in [2.05, 4.69) is 0 Å². The van der Waals surface area contributed by atoms with Crippen LogP contribution < -0.4 is 5.73 Å². The van der Waals surface area contributed by atoms with Crippen LogP contribution in [0.4, 0.5) is 5.69 Å². The summed E-state index contributed by atoms with van der Waals surface area (Å²) in [7, 11) is 0. The van der Waals surface area contributed by atoms with Gasteiger partial charge in [0.2, 0.25) is 0 Å². The van der Waals surface area contributed by atoms with E-state index in [-0.39, 0.29) is 24.4 Å². The minimum atomic E-state index is -0.0129. The Bertz CT molecular complexity index is 762. The maximum Gasteiger partial charge on any atom is 0.255 e. The van der Waals surface area contributed by atoms with Gasteiger partial charge in [-0.15, -0.1) is 12.4 Å². The minimum Gasteiger partial charge on any atom is -0.398 e. The molecule has 0 bridgehead atoms. The molecule has 0 aliphatic carbocycles. The van der Waals surface area contributed by atoms with Crippen LogP contribution in [0.5, 0.6) is 0 Å². The van der Waals surface area contributed by atoms with E-state index in [4.69, 9.17) is 33.7 Å². The van der Waals surface area contributed by atoms with Gasteiger partial charge >= 0.3 is 0 Å². The van der Waals surface area contributed by atoms with Crippen LogP contribution in [0.2, 0.25) is 10.0 Å². The molecule has 1 fully saturated rings. The summed E-state index contributed by atoms with van der Waals surface area (Å²) in [4.78, 5) is 14.4. The number of piperidine rings is 1. The zero-order valence-corrected chi connectivity index (χ0v) is 16.5. The third kappa shape index (κ3) is 5.04. The summed E-state index contributed by atoms with van der Waals surface area (Å²) in [5.41, 5.74) is 7.97. The molecule has 26 heavy (non-hydrogen) atoms. The number of rotatable bonds is 4. The maximum atomic E-state index is 12.6. The molecule has 1 amide bonds. The van der Waals surface area contributed by atoms with Gasteiger partial charge in [-0.3, -0.25) is 4.79 Å². The molecule has 1 saturated heterocycles. The number of hydrogen-bond donors (Lipinski definition) is 1. The van der Waals surface area contributed by atoms with Crippen molar-refractivity contribution in [2.24, 2.45) is 0 Å². The summed E-state index contributed by atoms with van der Waals surface area (Å²) >= 11 is 11.9. The largest absolute Gasteiger partial charge is 0.398 e. The van der Waals surface area contributed by atoms with Crippen molar-refractivity contribution in [2.45, 2.75) is 25.6 Å². The van der Waals surface area contributed by atoms with E-state index in [9.17, 15) is 4.79 Å². The molecule has 2 N–H and O–H groups in total. The summed E-state index contributed by atoms with van der Waals surface area (Å²) in [6, 6.07) is 12.7. The third-order valence-corrected chi connectivity index (χ3v) is 5.13. The first-order valence-electron chi connectivity index (χ1n) is 8.24. The Kier molecular flexibility index (Phi) is 7.59. The first-order chi connectivity index (χ1) is 12.0. The molecule has 0 unspecified atom stereocenters. The molecule has 0 radical (unpaired) electrons. The van der Waals surface area contributed by atoms with Crippen molar-refractivity contribution in [2.75, 3.05) is 18.8 Å². The standard InChI is InChI=1S/C19H20Cl2N2O2.ClH/c20-16-6-5-13(11-17(16)21)12-25-14-7-9-23(10-8-14)19(24)15-3-1-2-4-18(15)22;/h1-6,11,14H,7-10,12,22H2;1H. The smallest absolute Gasteiger partial charge is 0.255 e. The Balaban J connectivity index is 0.00000243. The molecule has 0 spiro atoms. The van der Waals surface area contributed by atoms with Crippen LogP contribution in [0.1, 0.15) is 28.8 Å². The first-order valence-corrected chi connectivity index (χ1v) is 8.99. The Labute approximate surface area is 169 Å². The van der Waals surface area contributed by atoms with Crippen LogP contribution in [0, 0.1) is 0 Å². The van der Waals surface area contributed by atoms with E-state index < -0.39 is 0 Å². The first kappa shape index (κ1) is 20.8. The highest BCUT2D eigenvalue weighted by Gasteiger charge is 2.25. The lowest BCUT2D eigenvalue weighted by atomic mass is 10.1. The Morgan fingerprint density at radius 2 is 1.81 bits per heavy atom. The lowest BCUT2D eigenvalue weighted by Crippen LogP contribution is -2.41. The zero-order chi connectivity index (χ0) is 17.8. The molecule has 0 aromatic heterocycles. The Morgan fingerprint density at radius 1 is 1.12 bits per heavy atom. The van der Waals surface area contributed by atoms with Crippen LogP contribution in [0.15, 0.2) is 42.5 Å². The van der Waals surface area contributed by atoms with Gasteiger partial charge in [-0.05, 0) is 42.7 Å². The fraction of sp³-hybridized carbons (Fsp3) is 0.316. The molecule has 1 aliphatic heterocycles. The molecular formula is C19H21Cl3N2O2. The highest BCUT2D eigenvalue weighted by molar-refractivity contribution is 6.42. The Morgan fingerprint density at radius 3 is 2.46 bits per heavy atom. The summed E-state index contributed by atoms with van der Waals surface area (Å²) in [6.45, 7) is 1.82. The van der Waals surface area contributed by atoms with Crippen molar-refractivity contribution < 1.29 is 9.53 Å². The second-order valence-corrected chi connectivity index (χ2v) is 6.95. The van der Waals surface area contributed by atoms with Gasteiger partial charge in [-0.2, -0.15) is 0 Å². The monoisotopic (exact) mass is 414 g/mol. The highest BCUT2D eigenvalue weighted by Crippen LogP contribution is 2.24. The molecule has 2 aromatic rings. The number of carbonyl (C=O) groups is 1. The molecular weight excluding hydrogens is 395 g/mol. The second-order valence-electron chi connectivity index (χ2n) is 6.14. The number of benzene rings is 2. The number of anilines is 1. The fourth-order valence-corrected chi connectivity index (χ4v) is 3.25. The fourth-order valence-electron chi connectivity index (χ4n) is 2.93. The predicted octanol–water partition coefficient (Wildman–Crippen LogP) is 4.82. The molecule has 0 saturated carbocycles. The number of hydrogen-bond acceptors (Lipinski definition) is 3. The van der Waals surface area contributed by atoms with E-state index >= 15 is 0 Å². The van der Waals surface area contributed by atoms with E-state index in [0.29, 0.717) is 41.0 Å². The van der Waals surface area contributed by atoms with Crippen LogP contribution in [0.25, 0.3) is 0 Å². The number of ether oxygens (including phenoxy) is 1. The van der Waals surface area contributed by atoms with Crippen LogP contribution in [-0.2, 0) is 11.3 Å². The lowest BCUT2D eigenvalue weighted by Gasteiger charge is -2.32. The van der Waals surface area contributed by atoms with Crippen molar-refractivity contribution in [1.82, 2.24) is 4.90 Å². The van der Waals surface area contributed by atoms with Gasteiger partial charge in [0.1, 0.15) is 0 Å². The van der Waals surface area contributed by atoms with Gasteiger partial charge in [0.15, 0.2) is 0 Å². The lowest BCUT2D eigenvalue weighted by molar-refractivity contribution is -0.000352. The predicted molar refractivity (Wildman–Crippen MR) is 108 cm³/mol. The number of carbonyl (C=O) groups excluding carboxylic acids is 1. The average Bonchev–Trinajstić information content (AvgIpc) is 2.63. The van der Waals surface area contributed by atoms with Crippen LogP contribution in [-0.4, -0.2) is 30.0 Å². The van der Waals surface area contributed by atoms with E-state index in [1.165, 1.54) is 0 Å². The number of nitrogens with two attached hydrogens (primary N) is 1. The summed E-state index contributed by atoms with van der Waals surface area (Å²) in [5.74, 6) is -0.0129. The van der Waals surface area contributed by atoms with E-state index in [0.717, 1.165) is 18.4 Å². The number of halogens is 3. The van der Waals surface area contributed by atoms with Gasteiger partial charge < -0.3 is 15.4 Å². The quantitative estimate of drug-likeness (QED) is 0.728. The van der Waals surface area contributed by atoms with Gasteiger partial charge in [0, 0.05) is 18.8 Å². The molecule has 1 heterocycles. The van der Waals surface area contributed by atoms with Gasteiger partial charge in [0.05, 0.1) is 28.3 Å². The van der Waals surface area contributed by atoms with Crippen LogP contribution in [0.3, 0.4) is 0 Å². The van der Waals surface area contributed by atoms with Crippen molar-refractivity contribution in [3.63, 3.8) is 0 Å². The molecule has 7 heteroatoms. The topological polar surface area (TPSA) is 55.6 Å². The van der Waals surface area contributed by atoms with Crippen molar-refractivity contribution >= 4 is 47.2 Å². The number of amides is 1. The summed E-state index contributed by atoms with van der Waals surface area (Å²) in [6.07, 6.45) is 1.74. The number of nitrogen functional groups attached to an aromatic ring is 1. The van der Waals surface area contributed by atoms with E-state index in [1.807, 2.05) is 29.2 Å². The van der Waals surface area contributed by atoms with Crippen LogP contribution >= 0.6 is 35.6 Å². The SMILES string of the molecule is Cl.Nc1ccccc1C(=O)N1CCC(OCc2ccc(Cl)c(Cl)c2)CC1. The minimum absolute atomic E-state index is 0. The average molecular weight is 416 g/mol. The number of likely N-dealkylation sites (tertiary alicyclic amines) is 1. The summed E-state index contributed by atoms with van der Waals surface area (Å²) in [5, 5.41) is 1.07. The van der Waals surface area contributed by atoms with Gasteiger partial charge in [-0.25, -0.2) is 0 Å². The molecule has 0 atom stereocenters. The second kappa shape index (κ2) is 9.47. The Hall–Kier alpha value is -1.46. The number of nitrogens with zero attached hydrogens (tertiary/aromatic N) is 1. The van der Waals surface area contributed by atoms with Crippen molar-refractivity contribution in [3.8, 4) is 0 Å². The van der Waals surface area contributed by atoms with Gasteiger partial charge in [-0.1, -0.05) is 41.4 Å². The zero-order valence-electron chi connectivity index (χ0n) is 14.2. The molecule has 3 rings (SSSR count). The van der Waals surface area contributed by atoms with Gasteiger partial charge in [0.25, 0.3) is 5.91 Å². The molecule has 2 aromatic carbocycles. The van der Waals surface area contributed by atoms with E-state index in [1.54, 1.807) is 18.2 Å². The molecule has 4 nitrogen and oxygen atoms in total. The normalized spacial score (nSPS) is 14.8. The highest BCUT2D eigenvalue weighted by atomic mass is 35.5. The van der Waals surface area contributed by atoms with Crippen molar-refractivity contribution in [3.05, 3.63) is 63.6 Å². The number of para-hydroxylation sites is 1. The maximum absolute atomic E-state index is 12.6. The third-order valence-electron chi connectivity index (χ3n) is 4.39. The summed E-state index contributed by atoms with van der Waals surface area (Å²) < 4.78 is 5.96. The van der Waals surface area contributed by atoms with Crippen molar-refractivity contribution in [1.29, 1.82) is 0 Å². The molecule has 140 valence electrons.